The van der Waals surface area contributed by atoms with E-state index in [9.17, 15) is 8.78 Å². The largest absolute Gasteiger partial charge is 0.489 e. The second-order valence-corrected chi connectivity index (χ2v) is 9.30. The van der Waals surface area contributed by atoms with E-state index in [-0.39, 0.29) is 18.4 Å². The molecule has 1 aliphatic heterocycles. The van der Waals surface area contributed by atoms with Gasteiger partial charge in [0.1, 0.15) is 24.0 Å². The Bertz CT molecular complexity index is 1410. The molecule has 5 rings (SSSR count). The zero-order valence-corrected chi connectivity index (χ0v) is 21.7. The van der Waals surface area contributed by atoms with E-state index < -0.39 is 5.82 Å². The smallest absolute Gasteiger partial charge is 0.250 e. The Balaban J connectivity index is 1.25. The van der Waals surface area contributed by atoms with Crippen LogP contribution in [0, 0.1) is 11.6 Å². The summed E-state index contributed by atoms with van der Waals surface area (Å²) in [5.74, 6) is 0.980. The standard InChI is InChI=1S/C28H26ClF2N7O/c29-24-5-4-6-25(31)23(24)18-39-22-13-7-19(8-14-22)17-32-37-27-34-26(33-21-11-9-20(30)10-12-21)35-28(36-27)38-15-2-1-3-16-38/h4-14,17H,1-3,15-16,18H2,(H2,33,34,35,36,37)/b32-17-. The number of nitrogens with zero attached hydrogens (tertiary/aromatic N) is 5. The van der Waals surface area contributed by atoms with Crippen molar-refractivity contribution in [1.29, 1.82) is 0 Å². The summed E-state index contributed by atoms with van der Waals surface area (Å²) in [7, 11) is 0. The van der Waals surface area contributed by atoms with Gasteiger partial charge >= 0.3 is 0 Å². The van der Waals surface area contributed by atoms with Crippen molar-refractivity contribution in [3.63, 3.8) is 0 Å². The second kappa shape index (κ2) is 12.5. The lowest BCUT2D eigenvalue weighted by molar-refractivity contribution is 0.300. The van der Waals surface area contributed by atoms with Gasteiger partial charge in [0.15, 0.2) is 0 Å². The number of hydrogen-bond donors (Lipinski definition) is 2. The summed E-state index contributed by atoms with van der Waals surface area (Å²) in [6, 6.07) is 17.6. The highest BCUT2D eigenvalue weighted by Gasteiger charge is 2.16. The Kier molecular flexibility index (Phi) is 8.42. The number of benzene rings is 3. The quantitative estimate of drug-likeness (QED) is 0.180. The van der Waals surface area contributed by atoms with Gasteiger partial charge in [-0.15, -0.1) is 0 Å². The van der Waals surface area contributed by atoms with Crippen LogP contribution in [0.3, 0.4) is 0 Å². The van der Waals surface area contributed by atoms with Crippen molar-refractivity contribution in [3.8, 4) is 5.75 Å². The Hall–Kier alpha value is -4.31. The van der Waals surface area contributed by atoms with E-state index >= 15 is 0 Å². The summed E-state index contributed by atoms with van der Waals surface area (Å²) < 4.78 is 32.9. The van der Waals surface area contributed by atoms with Gasteiger partial charge in [0.2, 0.25) is 17.8 Å². The predicted octanol–water partition coefficient (Wildman–Crippen LogP) is 6.56. The van der Waals surface area contributed by atoms with Crippen LogP contribution in [0.1, 0.15) is 30.4 Å². The molecule has 4 aromatic rings. The highest BCUT2D eigenvalue weighted by Crippen LogP contribution is 2.23. The highest BCUT2D eigenvalue weighted by molar-refractivity contribution is 6.31. The zero-order chi connectivity index (χ0) is 27.0. The van der Waals surface area contributed by atoms with Crippen molar-refractivity contribution in [1.82, 2.24) is 15.0 Å². The van der Waals surface area contributed by atoms with Crippen LogP contribution >= 0.6 is 11.6 Å². The van der Waals surface area contributed by atoms with Crippen LogP contribution in [-0.4, -0.2) is 34.3 Å². The molecule has 0 saturated carbocycles. The first-order valence-electron chi connectivity index (χ1n) is 12.5. The van der Waals surface area contributed by atoms with Crippen LogP contribution < -0.4 is 20.4 Å². The molecule has 200 valence electrons. The van der Waals surface area contributed by atoms with E-state index in [1.807, 2.05) is 12.1 Å². The van der Waals surface area contributed by atoms with Gasteiger partial charge in [0, 0.05) is 24.3 Å². The molecule has 3 aromatic carbocycles. The fourth-order valence-electron chi connectivity index (χ4n) is 4.01. The van der Waals surface area contributed by atoms with Crippen LogP contribution in [0.5, 0.6) is 5.75 Å². The molecule has 0 bridgehead atoms. The molecule has 0 amide bonds. The van der Waals surface area contributed by atoms with Gasteiger partial charge in [-0.05, 0) is 85.5 Å². The van der Waals surface area contributed by atoms with Crippen molar-refractivity contribution >= 4 is 41.3 Å². The molecule has 0 spiro atoms. The number of hydrogen-bond acceptors (Lipinski definition) is 8. The third-order valence-electron chi connectivity index (χ3n) is 6.07. The van der Waals surface area contributed by atoms with E-state index in [1.165, 1.54) is 24.6 Å². The predicted molar refractivity (Wildman–Crippen MR) is 149 cm³/mol. The minimum Gasteiger partial charge on any atom is -0.489 e. The van der Waals surface area contributed by atoms with Gasteiger partial charge in [-0.2, -0.15) is 20.1 Å². The van der Waals surface area contributed by atoms with Crippen molar-refractivity contribution in [3.05, 3.63) is 94.5 Å². The summed E-state index contributed by atoms with van der Waals surface area (Å²) in [5, 5.41) is 7.70. The number of rotatable bonds is 9. The normalized spacial score (nSPS) is 13.5. The summed E-state index contributed by atoms with van der Waals surface area (Å²) in [6.07, 6.45) is 4.94. The molecule has 0 radical (unpaired) electrons. The molecule has 1 aromatic heterocycles. The topological polar surface area (TPSA) is 87.6 Å². The Morgan fingerprint density at radius 3 is 2.38 bits per heavy atom. The van der Waals surface area contributed by atoms with Gasteiger partial charge in [-0.1, -0.05) is 17.7 Å². The number of hydrazone groups is 1. The molecule has 1 fully saturated rings. The fourth-order valence-corrected chi connectivity index (χ4v) is 4.23. The number of anilines is 4. The Morgan fingerprint density at radius 1 is 0.897 bits per heavy atom. The minimum atomic E-state index is -0.407. The lowest BCUT2D eigenvalue weighted by Crippen LogP contribution is -2.31. The van der Waals surface area contributed by atoms with E-state index in [1.54, 1.807) is 42.6 Å². The van der Waals surface area contributed by atoms with E-state index in [0.29, 0.717) is 33.9 Å². The lowest BCUT2D eigenvalue weighted by atomic mass is 10.1. The van der Waals surface area contributed by atoms with Crippen molar-refractivity contribution in [2.75, 3.05) is 28.7 Å². The maximum Gasteiger partial charge on any atom is 0.250 e. The number of halogens is 3. The third kappa shape index (κ3) is 7.17. The van der Waals surface area contributed by atoms with Gasteiger partial charge in [0.05, 0.1) is 11.2 Å². The van der Waals surface area contributed by atoms with E-state index in [2.05, 4.69) is 35.7 Å². The molecule has 2 heterocycles. The van der Waals surface area contributed by atoms with Crippen LogP contribution in [-0.2, 0) is 6.61 Å². The van der Waals surface area contributed by atoms with Crippen LogP contribution in [0.15, 0.2) is 71.8 Å². The highest BCUT2D eigenvalue weighted by atomic mass is 35.5. The van der Waals surface area contributed by atoms with Gasteiger partial charge < -0.3 is 15.0 Å². The molecular formula is C28H26ClF2N7O. The number of piperidine rings is 1. The first kappa shape index (κ1) is 26.3. The average Bonchev–Trinajstić information content (AvgIpc) is 2.95. The third-order valence-corrected chi connectivity index (χ3v) is 6.42. The monoisotopic (exact) mass is 549 g/mol. The molecule has 1 aliphatic rings. The van der Waals surface area contributed by atoms with E-state index in [4.69, 9.17) is 16.3 Å². The maximum absolute atomic E-state index is 14.0. The first-order chi connectivity index (χ1) is 19.0. The van der Waals surface area contributed by atoms with Gasteiger partial charge in [-0.3, -0.25) is 0 Å². The van der Waals surface area contributed by atoms with Crippen LogP contribution in [0.25, 0.3) is 0 Å². The number of aromatic nitrogens is 3. The summed E-state index contributed by atoms with van der Waals surface area (Å²) in [5.41, 5.74) is 4.64. The summed E-state index contributed by atoms with van der Waals surface area (Å²) in [4.78, 5) is 15.6. The van der Waals surface area contributed by atoms with E-state index in [0.717, 1.165) is 31.5 Å². The molecule has 0 aliphatic carbocycles. The molecule has 39 heavy (non-hydrogen) atoms. The van der Waals surface area contributed by atoms with Crippen LogP contribution in [0.2, 0.25) is 5.02 Å². The van der Waals surface area contributed by atoms with Crippen molar-refractivity contribution in [2.24, 2.45) is 5.10 Å². The lowest BCUT2D eigenvalue weighted by Gasteiger charge is -2.26. The number of ether oxygens (including phenoxy) is 1. The zero-order valence-electron chi connectivity index (χ0n) is 20.9. The first-order valence-corrected chi connectivity index (χ1v) is 12.9. The molecular weight excluding hydrogens is 524 g/mol. The summed E-state index contributed by atoms with van der Waals surface area (Å²) >= 11 is 6.06. The average molecular weight is 550 g/mol. The molecule has 1 saturated heterocycles. The molecule has 2 N–H and O–H groups in total. The Morgan fingerprint density at radius 2 is 1.64 bits per heavy atom. The fraction of sp³-hybridized carbons (Fsp3) is 0.214. The van der Waals surface area contributed by atoms with Crippen LogP contribution in [0.4, 0.5) is 32.3 Å². The second-order valence-electron chi connectivity index (χ2n) is 8.89. The van der Waals surface area contributed by atoms with Gasteiger partial charge in [0.25, 0.3) is 0 Å². The summed E-state index contributed by atoms with van der Waals surface area (Å²) in [6.45, 7) is 1.74. The van der Waals surface area contributed by atoms with Crippen molar-refractivity contribution in [2.45, 2.75) is 25.9 Å². The SMILES string of the molecule is Fc1ccc(Nc2nc(N/N=C\c3ccc(OCc4c(F)cccc4Cl)cc3)nc(N3CCCCC3)n2)cc1. The minimum absolute atomic E-state index is 0.0214. The number of nitrogens with one attached hydrogen (secondary N) is 2. The maximum atomic E-state index is 14.0. The molecule has 8 nitrogen and oxygen atoms in total. The van der Waals surface area contributed by atoms with Crippen molar-refractivity contribution < 1.29 is 13.5 Å². The Labute approximate surface area is 229 Å². The van der Waals surface area contributed by atoms with Gasteiger partial charge in [-0.25, -0.2) is 14.2 Å². The molecule has 0 unspecified atom stereocenters. The molecule has 0 atom stereocenters. The molecule has 11 heteroatoms.